The monoisotopic (exact) mass is 514 g/mol. The number of hydrogen-bond donors (Lipinski definition) is 4. The summed E-state index contributed by atoms with van der Waals surface area (Å²) in [5, 5.41) is 18.2. The van der Waals surface area contributed by atoms with Gasteiger partial charge in [0.05, 0.1) is 19.3 Å². The van der Waals surface area contributed by atoms with Crippen molar-refractivity contribution >= 4 is 29.0 Å². The van der Waals surface area contributed by atoms with Gasteiger partial charge in [0.25, 0.3) is 0 Å². The molecule has 196 valence electrons. The minimum Gasteiger partial charge on any atom is -0.392 e. The van der Waals surface area contributed by atoms with E-state index in [0.717, 1.165) is 37.6 Å². The van der Waals surface area contributed by atoms with Crippen molar-refractivity contribution in [1.82, 2.24) is 19.5 Å². The molecule has 4 aromatic rings. The lowest BCUT2D eigenvalue weighted by Gasteiger charge is -2.28. The molecular weight excluding hydrogens is 484 g/mol. The van der Waals surface area contributed by atoms with Crippen LogP contribution in [0.4, 0.5) is 27.8 Å². The molecule has 0 unspecified atom stereocenters. The van der Waals surface area contributed by atoms with Gasteiger partial charge in [-0.2, -0.15) is 4.98 Å². The van der Waals surface area contributed by atoms with Gasteiger partial charge in [0, 0.05) is 60.9 Å². The molecule has 3 heterocycles. The molecule has 1 fully saturated rings. The van der Waals surface area contributed by atoms with Gasteiger partial charge in [-0.1, -0.05) is 0 Å². The van der Waals surface area contributed by atoms with E-state index in [1.807, 2.05) is 59.3 Å². The predicted octanol–water partition coefficient (Wildman–Crippen LogP) is 3.60. The first-order chi connectivity index (χ1) is 18.5. The van der Waals surface area contributed by atoms with E-state index in [-0.39, 0.29) is 6.03 Å². The summed E-state index contributed by atoms with van der Waals surface area (Å²) in [7, 11) is 0. The molecule has 5 rings (SSSR count). The molecule has 38 heavy (non-hydrogen) atoms. The molecule has 2 aromatic heterocycles. The third kappa shape index (κ3) is 6.25. The highest BCUT2D eigenvalue weighted by atomic mass is 16.5. The van der Waals surface area contributed by atoms with E-state index in [4.69, 9.17) is 4.74 Å². The fraction of sp³-hybridized carbons (Fsp3) is 0.259. The Morgan fingerprint density at radius 2 is 1.66 bits per heavy atom. The Morgan fingerprint density at radius 3 is 2.34 bits per heavy atom. The molecule has 1 aliphatic heterocycles. The number of rotatable bonds is 8. The average molecular weight is 515 g/mol. The van der Waals surface area contributed by atoms with Crippen LogP contribution in [0.2, 0.25) is 0 Å². The van der Waals surface area contributed by atoms with Crippen LogP contribution in [0.25, 0.3) is 17.2 Å². The number of aromatic nitrogens is 4. The molecule has 4 N–H and O–H groups in total. The van der Waals surface area contributed by atoms with E-state index in [0.29, 0.717) is 35.5 Å². The maximum atomic E-state index is 12.5. The minimum atomic E-state index is -0.513. The van der Waals surface area contributed by atoms with Gasteiger partial charge in [-0.15, -0.1) is 0 Å². The topological polar surface area (TPSA) is 129 Å². The predicted molar refractivity (Wildman–Crippen MR) is 147 cm³/mol. The van der Waals surface area contributed by atoms with Crippen LogP contribution < -0.4 is 20.9 Å². The number of amides is 2. The van der Waals surface area contributed by atoms with Crippen molar-refractivity contribution in [3.63, 3.8) is 0 Å². The first-order valence-electron chi connectivity index (χ1n) is 12.4. The van der Waals surface area contributed by atoms with E-state index in [9.17, 15) is 9.90 Å². The van der Waals surface area contributed by atoms with Crippen molar-refractivity contribution in [1.29, 1.82) is 0 Å². The van der Waals surface area contributed by atoms with Crippen LogP contribution in [-0.2, 0) is 4.74 Å². The molecule has 11 heteroatoms. The number of aliphatic hydroxyl groups excluding tert-OH is 1. The normalized spacial score (nSPS) is 14.1. The molecular formula is C27H30N8O3. The Labute approximate surface area is 220 Å². The molecule has 0 saturated carbocycles. The van der Waals surface area contributed by atoms with Crippen molar-refractivity contribution < 1.29 is 14.6 Å². The molecule has 2 aromatic carbocycles. The highest BCUT2D eigenvalue weighted by Gasteiger charge is 2.13. The standard InChI is InChI=1S/C27H30N8O3/c1-19(36)18-30-26-29-11-10-24(33-26)35-13-12-28-25(35)20-2-4-21(5-3-20)31-27(37)32-22-6-8-23(9-7-22)34-14-16-38-17-15-34/h2-13,19,36H,14-18H2,1H3,(H,29,30,33)(H2,31,32,37)/t19-/m0/s1. The number of benzene rings is 2. The van der Waals surface area contributed by atoms with Gasteiger partial charge < -0.3 is 30.7 Å². The number of carbonyl (C=O) groups excluding carboxylic acids is 1. The van der Waals surface area contributed by atoms with Crippen molar-refractivity contribution in [3.8, 4) is 17.2 Å². The van der Waals surface area contributed by atoms with Crippen molar-refractivity contribution in [2.75, 3.05) is 53.7 Å². The van der Waals surface area contributed by atoms with Crippen molar-refractivity contribution in [2.24, 2.45) is 0 Å². The van der Waals surface area contributed by atoms with Gasteiger partial charge >= 0.3 is 6.03 Å². The van der Waals surface area contributed by atoms with Crippen molar-refractivity contribution in [3.05, 3.63) is 73.2 Å². The highest BCUT2D eigenvalue weighted by Crippen LogP contribution is 2.23. The minimum absolute atomic E-state index is 0.323. The summed E-state index contributed by atoms with van der Waals surface area (Å²) in [5.74, 6) is 1.76. The summed E-state index contributed by atoms with van der Waals surface area (Å²) in [5.41, 5.74) is 3.34. The number of hydrogen-bond acceptors (Lipinski definition) is 8. The number of anilines is 4. The smallest absolute Gasteiger partial charge is 0.323 e. The van der Waals surface area contributed by atoms with Gasteiger partial charge in [-0.05, 0) is 61.5 Å². The van der Waals surface area contributed by atoms with Crippen molar-refractivity contribution in [2.45, 2.75) is 13.0 Å². The van der Waals surface area contributed by atoms with Gasteiger partial charge in [0.2, 0.25) is 5.95 Å². The van der Waals surface area contributed by atoms with Gasteiger partial charge in [0.1, 0.15) is 11.6 Å². The zero-order valence-corrected chi connectivity index (χ0v) is 21.0. The molecule has 0 radical (unpaired) electrons. The molecule has 2 amide bonds. The maximum Gasteiger partial charge on any atom is 0.323 e. The fourth-order valence-electron chi connectivity index (χ4n) is 4.08. The zero-order valence-electron chi connectivity index (χ0n) is 21.0. The maximum absolute atomic E-state index is 12.5. The summed E-state index contributed by atoms with van der Waals surface area (Å²) in [6, 6.07) is 16.7. The summed E-state index contributed by atoms with van der Waals surface area (Å²) >= 11 is 0. The average Bonchev–Trinajstić information content (AvgIpc) is 3.44. The number of nitrogens with zero attached hydrogens (tertiary/aromatic N) is 5. The second kappa shape index (κ2) is 11.7. The summed E-state index contributed by atoms with van der Waals surface area (Å²) < 4.78 is 7.25. The van der Waals surface area contributed by atoms with Crippen LogP contribution in [0.5, 0.6) is 0 Å². The number of nitrogens with one attached hydrogen (secondary N) is 3. The Morgan fingerprint density at radius 1 is 0.974 bits per heavy atom. The molecule has 0 spiro atoms. The second-order valence-corrected chi connectivity index (χ2v) is 8.89. The van der Waals surface area contributed by atoms with Crippen LogP contribution in [0.3, 0.4) is 0 Å². The van der Waals surface area contributed by atoms with Crippen LogP contribution in [0, 0.1) is 0 Å². The third-order valence-electron chi connectivity index (χ3n) is 5.99. The Kier molecular flexibility index (Phi) is 7.76. The quantitative estimate of drug-likeness (QED) is 0.281. The van der Waals surface area contributed by atoms with Gasteiger partial charge in [-0.25, -0.2) is 14.8 Å². The lowest BCUT2D eigenvalue weighted by Crippen LogP contribution is -2.36. The van der Waals surface area contributed by atoms with E-state index < -0.39 is 6.10 Å². The highest BCUT2D eigenvalue weighted by molar-refractivity contribution is 5.99. The lowest BCUT2D eigenvalue weighted by atomic mass is 10.2. The van der Waals surface area contributed by atoms with E-state index in [1.165, 1.54) is 0 Å². The van der Waals surface area contributed by atoms with E-state index >= 15 is 0 Å². The fourth-order valence-corrected chi connectivity index (χ4v) is 4.08. The summed E-state index contributed by atoms with van der Waals surface area (Å²) in [6.07, 6.45) is 4.66. The van der Waals surface area contributed by atoms with Crippen LogP contribution in [0.1, 0.15) is 6.92 Å². The molecule has 11 nitrogen and oxygen atoms in total. The number of imidazole rings is 1. The molecule has 0 aliphatic carbocycles. The van der Waals surface area contributed by atoms with E-state index in [1.54, 1.807) is 25.4 Å². The Balaban J connectivity index is 1.21. The first-order valence-corrected chi connectivity index (χ1v) is 12.4. The number of carbonyl (C=O) groups is 1. The second-order valence-electron chi connectivity index (χ2n) is 8.89. The zero-order chi connectivity index (χ0) is 26.3. The number of morpholine rings is 1. The van der Waals surface area contributed by atoms with Crippen LogP contribution in [0.15, 0.2) is 73.2 Å². The summed E-state index contributed by atoms with van der Waals surface area (Å²) in [6.45, 7) is 5.23. The van der Waals surface area contributed by atoms with Gasteiger partial charge in [-0.3, -0.25) is 4.57 Å². The molecule has 1 aliphatic rings. The Bertz CT molecular complexity index is 1350. The largest absolute Gasteiger partial charge is 0.392 e. The van der Waals surface area contributed by atoms with Crippen LogP contribution >= 0.6 is 0 Å². The third-order valence-corrected chi connectivity index (χ3v) is 5.99. The lowest BCUT2D eigenvalue weighted by molar-refractivity contribution is 0.122. The first kappa shape index (κ1) is 25.2. The molecule has 1 atom stereocenters. The van der Waals surface area contributed by atoms with Crippen LogP contribution in [-0.4, -0.2) is 69.6 Å². The molecule has 0 bridgehead atoms. The number of urea groups is 1. The summed E-state index contributed by atoms with van der Waals surface area (Å²) in [4.78, 5) is 28.0. The number of ether oxygens (including phenoxy) is 1. The SMILES string of the molecule is C[C@H](O)CNc1nccc(-n2ccnc2-c2ccc(NC(=O)Nc3ccc(N4CCOCC4)cc3)cc2)n1. The number of aliphatic hydroxyl groups is 1. The molecule has 1 saturated heterocycles. The van der Waals surface area contributed by atoms with Gasteiger partial charge in [0.15, 0.2) is 0 Å². The van der Waals surface area contributed by atoms with E-state index in [2.05, 4.69) is 35.8 Å². The Hall–Kier alpha value is -4.48.